The minimum absolute atomic E-state index is 0.515. The van der Waals surface area contributed by atoms with Crippen LogP contribution in [0.25, 0.3) is 10.6 Å². The largest absolute Gasteiger partial charge is 0.383 e. The average molecular weight is 245 g/mol. The monoisotopic (exact) mass is 244 g/mol. The molecule has 2 nitrogen and oxygen atoms in total. The van der Waals surface area contributed by atoms with E-state index in [1.54, 1.807) is 11.4 Å². The summed E-state index contributed by atoms with van der Waals surface area (Å²) in [6.07, 6.45) is 0. The summed E-state index contributed by atoms with van der Waals surface area (Å²) < 4.78 is 0. The molecule has 14 heavy (non-hydrogen) atoms. The van der Waals surface area contributed by atoms with E-state index < -0.39 is 0 Å². The van der Waals surface area contributed by atoms with Gasteiger partial charge in [0.05, 0.1) is 0 Å². The Morgan fingerprint density at radius 3 is 2.29 bits per heavy atom. The predicted octanol–water partition coefficient (Wildman–Crippen LogP) is 3.70. The van der Waals surface area contributed by atoms with Gasteiger partial charge in [0.1, 0.15) is 10.8 Å². The highest BCUT2D eigenvalue weighted by Gasteiger charge is 2.04. The van der Waals surface area contributed by atoms with Crippen LogP contribution in [0, 0.1) is 0 Å². The maximum absolute atomic E-state index is 5.87. The van der Waals surface area contributed by atoms with Crippen molar-refractivity contribution in [3.63, 3.8) is 0 Å². The summed E-state index contributed by atoms with van der Waals surface area (Å²) in [5.74, 6) is 0.515. The Hall–Kier alpha value is -0.770. The number of aromatic nitrogens is 1. The predicted molar refractivity (Wildman–Crippen MR) is 62.0 cm³/mol. The summed E-state index contributed by atoms with van der Waals surface area (Å²) in [6.45, 7) is 0. The molecule has 1 aromatic carbocycles. The second-order valence-electron chi connectivity index (χ2n) is 2.74. The first-order chi connectivity index (χ1) is 6.65. The lowest BCUT2D eigenvalue weighted by atomic mass is 10.2. The Labute approximate surface area is 95.3 Å². The lowest BCUT2D eigenvalue weighted by Crippen LogP contribution is -1.83. The fraction of sp³-hybridized carbons (Fsp3) is 0. The first-order valence-electron chi connectivity index (χ1n) is 3.82. The first-order valence-corrected chi connectivity index (χ1v) is 5.46. The van der Waals surface area contributed by atoms with Gasteiger partial charge in [0.25, 0.3) is 0 Å². The second kappa shape index (κ2) is 3.77. The van der Waals surface area contributed by atoms with Crippen molar-refractivity contribution in [2.75, 3.05) is 5.73 Å². The molecule has 5 heteroatoms. The molecular formula is C9H6Cl2N2S. The molecule has 2 rings (SSSR count). The standard InChI is InChI=1S/C9H6Cl2N2S/c10-6-1-5(2-7(11)3-6)9-13-8(12)4-14-9/h1-4H,12H2. The third-order valence-corrected chi connectivity index (χ3v) is 2.98. The van der Waals surface area contributed by atoms with E-state index in [1.165, 1.54) is 11.3 Å². The molecule has 0 saturated heterocycles. The minimum Gasteiger partial charge on any atom is -0.383 e. The van der Waals surface area contributed by atoms with Crippen molar-refractivity contribution >= 4 is 40.4 Å². The number of benzene rings is 1. The molecule has 0 unspecified atom stereocenters. The van der Waals surface area contributed by atoms with Crippen LogP contribution in [0.4, 0.5) is 5.82 Å². The van der Waals surface area contributed by atoms with Crippen LogP contribution in [-0.2, 0) is 0 Å². The third-order valence-electron chi connectivity index (χ3n) is 1.63. The summed E-state index contributed by atoms with van der Waals surface area (Å²) >= 11 is 13.2. The van der Waals surface area contributed by atoms with E-state index in [0.717, 1.165) is 10.6 Å². The van der Waals surface area contributed by atoms with Gasteiger partial charge in [-0.05, 0) is 18.2 Å². The average Bonchev–Trinajstić information content (AvgIpc) is 2.50. The molecule has 0 atom stereocenters. The molecule has 0 saturated carbocycles. The maximum atomic E-state index is 5.87. The number of halogens is 2. The Morgan fingerprint density at radius 2 is 1.79 bits per heavy atom. The van der Waals surface area contributed by atoms with E-state index in [2.05, 4.69) is 4.98 Å². The Balaban J connectivity index is 2.51. The summed E-state index contributed by atoms with van der Waals surface area (Å²) in [4.78, 5) is 4.14. The number of rotatable bonds is 1. The van der Waals surface area contributed by atoms with Crippen LogP contribution < -0.4 is 5.73 Å². The Bertz CT molecular complexity index is 447. The number of nitrogens with two attached hydrogens (primary N) is 1. The van der Waals surface area contributed by atoms with Crippen LogP contribution in [0.2, 0.25) is 10.0 Å². The van der Waals surface area contributed by atoms with Crippen LogP contribution in [-0.4, -0.2) is 4.98 Å². The molecule has 0 radical (unpaired) electrons. The van der Waals surface area contributed by atoms with Crippen LogP contribution >= 0.6 is 34.5 Å². The summed E-state index contributed by atoms with van der Waals surface area (Å²) in [6, 6.07) is 5.31. The van der Waals surface area contributed by atoms with E-state index in [1.807, 2.05) is 12.1 Å². The van der Waals surface area contributed by atoms with E-state index in [0.29, 0.717) is 15.9 Å². The van der Waals surface area contributed by atoms with Crippen molar-refractivity contribution < 1.29 is 0 Å². The lowest BCUT2D eigenvalue weighted by molar-refractivity contribution is 1.42. The molecule has 2 aromatic rings. The maximum Gasteiger partial charge on any atom is 0.135 e. The van der Waals surface area contributed by atoms with Gasteiger partial charge in [-0.3, -0.25) is 0 Å². The summed E-state index contributed by atoms with van der Waals surface area (Å²) in [5, 5.41) is 3.80. The molecule has 0 spiro atoms. The molecule has 1 heterocycles. The number of anilines is 1. The van der Waals surface area contributed by atoms with Gasteiger partial charge in [-0.2, -0.15) is 0 Å². The van der Waals surface area contributed by atoms with Gasteiger partial charge >= 0.3 is 0 Å². The number of thiazole rings is 1. The molecule has 0 aliphatic carbocycles. The van der Waals surface area contributed by atoms with Crippen LogP contribution in [0.3, 0.4) is 0 Å². The van der Waals surface area contributed by atoms with Gasteiger partial charge in [0.15, 0.2) is 0 Å². The van der Waals surface area contributed by atoms with E-state index in [-0.39, 0.29) is 0 Å². The molecule has 72 valence electrons. The summed E-state index contributed by atoms with van der Waals surface area (Å²) in [5.41, 5.74) is 6.42. The smallest absolute Gasteiger partial charge is 0.135 e. The van der Waals surface area contributed by atoms with Gasteiger partial charge in [0, 0.05) is 21.0 Å². The van der Waals surface area contributed by atoms with E-state index >= 15 is 0 Å². The number of hydrogen-bond acceptors (Lipinski definition) is 3. The lowest BCUT2D eigenvalue weighted by Gasteiger charge is -1.98. The van der Waals surface area contributed by atoms with Gasteiger partial charge in [0.2, 0.25) is 0 Å². The second-order valence-corrected chi connectivity index (χ2v) is 4.47. The molecule has 1 aromatic heterocycles. The quantitative estimate of drug-likeness (QED) is 0.831. The van der Waals surface area contributed by atoms with Crippen molar-refractivity contribution in [2.45, 2.75) is 0 Å². The van der Waals surface area contributed by atoms with Crippen molar-refractivity contribution in [3.05, 3.63) is 33.6 Å². The highest BCUT2D eigenvalue weighted by Crippen LogP contribution is 2.29. The van der Waals surface area contributed by atoms with Crippen molar-refractivity contribution in [1.82, 2.24) is 4.98 Å². The number of hydrogen-bond donors (Lipinski definition) is 1. The zero-order valence-corrected chi connectivity index (χ0v) is 9.33. The highest BCUT2D eigenvalue weighted by atomic mass is 35.5. The van der Waals surface area contributed by atoms with Gasteiger partial charge < -0.3 is 5.73 Å². The topological polar surface area (TPSA) is 38.9 Å². The van der Waals surface area contributed by atoms with Crippen molar-refractivity contribution in [2.24, 2.45) is 0 Å². The normalized spacial score (nSPS) is 10.4. The molecule has 0 aliphatic rings. The molecular weight excluding hydrogens is 239 g/mol. The van der Waals surface area contributed by atoms with Crippen molar-refractivity contribution in [3.8, 4) is 10.6 Å². The third kappa shape index (κ3) is 2.00. The molecule has 0 amide bonds. The first kappa shape index (κ1) is 9.77. The van der Waals surface area contributed by atoms with Crippen LogP contribution in [0.1, 0.15) is 0 Å². The summed E-state index contributed by atoms with van der Waals surface area (Å²) in [7, 11) is 0. The minimum atomic E-state index is 0.515. The fourth-order valence-corrected chi connectivity index (χ4v) is 2.32. The van der Waals surface area contributed by atoms with Gasteiger partial charge in [-0.15, -0.1) is 11.3 Å². The number of nitrogens with zero attached hydrogens (tertiary/aromatic N) is 1. The van der Waals surface area contributed by atoms with Gasteiger partial charge in [-0.25, -0.2) is 4.98 Å². The molecule has 0 aliphatic heterocycles. The van der Waals surface area contributed by atoms with Crippen LogP contribution in [0.15, 0.2) is 23.6 Å². The van der Waals surface area contributed by atoms with Gasteiger partial charge in [-0.1, -0.05) is 23.2 Å². The van der Waals surface area contributed by atoms with E-state index in [9.17, 15) is 0 Å². The molecule has 2 N–H and O–H groups in total. The zero-order chi connectivity index (χ0) is 10.1. The van der Waals surface area contributed by atoms with Crippen LogP contribution in [0.5, 0.6) is 0 Å². The van der Waals surface area contributed by atoms with E-state index in [4.69, 9.17) is 28.9 Å². The Kier molecular flexibility index (Phi) is 2.63. The Morgan fingerprint density at radius 1 is 1.14 bits per heavy atom. The fourth-order valence-electron chi connectivity index (χ4n) is 1.10. The highest BCUT2D eigenvalue weighted by molar-refractivity contribution is 7.13. The SMILES string of the molecule is Nc1csc(-c2cc(Cl)cc(Cl)c2)n1. The van der Waals surface area contributed by atoms with Crippen molar-refractivity contribution in [1.29, 1.82) is 0 Å². The molecule has 0 bridgehead atoms. The molecule has 0 fully saturated rings. The number of nitrogen functional groups attached to an aromatic ring is 1. The zero-order valence-electron chi connectivity index (χ0n) is 7.00.